The third-order valence-corrected chi connectivity index (χ3v) is 5.13. The fraction of sp³-hybridized carbons (Fsp3) is 0.583. The van der Waals surface area contributed by atoms with Crippen LogP contribution in [-0.4, -0.2) is 31.2 Å². The maximum atomic E-state index is 12.3. The van der Waals surface area contributed by atoms with Crippen LogP contribution >= 0.6 is 0 Å². The van der Waals surface area contributed by atoms with Crippen LogP contribution in [0.25, 0.3) is 0 Å². The Morgan fingerprint density at radius 2 is 2.05 bits per heavy atom. The van der Waals surface area contributed by atoms with Crippen molar-refractivity contribution in [1.82, 2.24) is 9.71 Å². The fourth-order valence-corrected chi connectivity index (χ4v) is 3.72. The standard InChI is InChI=1S/C12H20N4O3S/c13-15-12-7-11(5-6-14-12)20(18,19)16-10-3-1-9(8-17)2-4-10/h5-7,9-10,16-17H,1-4,8,13H2,(H,14,15). The van der Waals surface area contributed by atoms with Crippen molar-refractivity contribution < 1.29 is 13.5 Å². The van der Waals surface area contributed by atoms with Crippen molar-refractivity contribution in [3.05, 3.63) is 18.3 Å². The van der Waals surface area contributed by atoms with Gasteiger partial charge in [0, 0.05) is 24.9 Å². The number of nitrogens with two attached hydrogens (primary N) is 1. The fourth-order valence-electron chi connectivity index (χ4n) is 2.41. The molecule has 0 bridgehead atoms. The van der Waals surface area contributed by atoms with Crippen LogP contribution in [0.5, 0.6) is 0 Å². The van der Waals surface area contributed by atoms with Gasteiger partial charge in [0.15, 0.2) is 0 Å². The first-order valence-corrected chi connectivity index (χ1v) is 8.09. The molecule has 1 saturated carbocycles. The highest BCUT2D eigenvalue weighted by molar-refractivity contribution is 7.89. The van der Waals surface area contributed by atoms with E-state index in [1.54, 1.807) is 0 Å². The van der Waals surface area contributed by atoms with Crippen LogP contribution in [0.15, 0.2) is 23.2 Å². The molecule has 1 fully saturated rings. The molecule has 1 heterocycles. The lowest BCUT2D eigenvalue weighted by atomic mass is 9.87. The van der Waals surface area contributed by atoms with Crippen molar-refractivity contribution >= 4 is 15.8 Å². The molecule has 0 spiro atoms. The number of aromatic nitrogens is 1. The zero-order chi connectivity index (χ0) is 14.6. The number of aliphatic hydroxyl groups is 1. The van der Waals surface area contributed by atoms with Gasteiger partial charge >= 0.3 is 0 Å². The summed E-state index contributed by atoms with van der Waals surface area (Å²) in [6, 6.07) is 2.75. The number of anilines is 1. The molecule has 0 unspecified atom stereocenters. The number of hydrogen-bond acceptors (Lipinski definition) is 6. The van der Waals surface area contributed by atoms with E-state index in [2.05, 4.69) is 15.1 Å². The van der Waals surface area contributed by atoms with Gasteiger partial charge in [-0.2, -0.15) is 0 Å². The minimum absolute atomic E-state index is 0.0785. The van der Waals surface area contributed by atoms with Gasteiger partial charge in [0.2, 0.25) is 10.0 Å². The monoisotopic (exact) mass is 300 g/mol. The number of aliphatic hydroxyl groups excluding tert-OH is 1. The Morgan fingerprint density at radius 3 is 2.65 bits per heavy atom. The van der Waals surface area contributed by atoms with E-state index in [1.807, 2.05) is 0 Å². The van der Waals surface area contributed by atoms with Crippen LogP contribution in [0.1, 0.15) is 25.7 Å². The summed E-state index contributed by atoms with van der Waals surface area (Å²) in [5, 5.41) is 9.08. The average molecular weight is 300 g/mol. The number of pyridine rings is 1. The summed E-state index contributed by atoms with van der Waals surface area (Å²) in [6.07, 6.45) is 4.58. The lowest BCUT2D eigenvalue weighted by Gasteiger charge is -2.27. The Bertz CT molecular complexity index is 541. The Labute approximate surface area is 118 Å². The molecule has 20 heavy (non-hydrogen) atoms. The van der Waals surface area contributed by atoms with Crippen molar-refractivity contribution in [3.63, 3.8) is 0 Å². The number of nitrogens with one attached hydrogen (secondary N) is 2. The second kappa shape index (κ2) is 6.49. The molecule has 0 amide bonds. The number of rotatable bonds is 5. The highest BCUT2D eigenvalue weighted by atomic mass is 32.2. The molecule has 0 atom stereocenters. The van der Waals surface area contributed by atoms with Gasteiger partial charge in [-0.15, -0.1) is 0 Å². The van der Waals surface area contributed by atoms with Crippen molar-refractivity contribution in [2.24, 2.45) is 11.8 Å². The van der Waals surface area contributed by atoms with Gasteiger partial charge in [0.05, 0.1) is 4.90 Å². The summed E-state index contributed by atoms with van der Waals surface area (Å²) in [7, 11) is -3.56. The number of nitrogen functional groups attached to an aromatic ring is 1. The summed E-state index contributed by atoms with van der Waals surface area (Å²) in [4.78, 5) is 4.03. The van der Waals surface area contributed by atoms with E-state index >= 15 is 0 Å². The molecule has 2 rings (SSSR count). The molecule has 0 aromatic carbocycles. The zero-order valence-electron chi connectivity index (χ0n) is 11.1. The smallest absolute Gasteiger partial charge is 0.241 e. The molecular formula is C12H20N4O3S. The van der Waals surface area contributed by atoms with Gasteiger partial charge in [-0.05, 0) is 37.7 Å². The maximum Gasteiger partial charge on any atom is 0.241 e. The van der Waals surface area contributed by atoms with E-state index in [9.17, 15) is 8.42 Å². The second-order valence-electron chi connectivity index (χ2n) is 5.04. The lowest BCUT2D eigenvalue weighted by molar-refractivity contribution is 0.180. The molecule has 0 radical (unpaired) electrons. The summed E-state index contributed by atoms with van der Waals surface area (Å²) in [5.41, 5.74) is 2.33. The molecule has 0 aliphatic heterocycles. The van der Waals surface area contributed by atoms with E-state index in [0.717, 1.165) is 25.7 Å². The first kappa shape index (κ1) is 15.2. The third-order valence-electron chi connectivity index (χ3n) is 3.62. The zero-order valence-corrected chi connectivity index (χ0v) is 11.9. The van der Waals surface area contributed by atoms with Gasteiger partial charge < -0.3 is 10.5 Å². The Balaban J connectivity index is 2.04. The number of nitrogens with zero attached hydrogens (tertiary/aromatic N) is 1. The van der Waals surface area contributed by atoms with Crippen LogP contribution in [0, 0.1) is 5.92 Å². The number of sulfonamides is 1. The van der Waals surface area contributed by atoms with E-state index in [-0.39, 0.29) is 17.5 Å². The minimum atomic E-state index is -3.56. The van der Waals surface area contributed by atoms with Crippen LogP contribution in [-0.2, 0) is 10.0 Å². The topological polar surface area (TPSA) is 117 Å². The van der Waals surface area contributed by atoms with Crippen molar-refractivity contribution in [1.29, 1.82) is 0 Å². The average Bonchev–Trinajstić information content (AvgIpc) is 2.48. The molecule has 1 aliphatic rings. The molecule has 1 aromatic rings. The molecule has 5 N–H and O–H groups in total. The van der Waals surface area contributed by atoms with Crippen LogP contribution in [0.2, 0.25) is 0 Å². The van der Waals surface area contributed by atoms with E-state index in [4.69, 9.17) is 10.9 Å². The van der Waals surface area contributed by atoms with Crippen LogP contribution in [0.4, 0.5) is 5.82 Å². The van der Waals surface area contributed by atoms with Crippen molar-refractivity contribution in [2.75, 3.05) is 12.0 Å². The molecule has 112 valence electrons. The van der Waals surface area contributed by atoms with E-state index in [1.165, 1.54) is 18.3 Å². The highest BCUT2D eigenvalue weighted by Gasteiger charge is 2.25. The van der Waals surface area contributed by atoms with Crippen molar-refractivity contribution in [3.8, 4) is 0 Å². The predicted molar refractivity (Wildman–Crippen MR) is 75.2 cm³/mol. The third kappa shape index (κ3) is 3.66. The largest absolute Gasteiger partial charge is 0.396 e. The van der Waals surface area contributed by atoms with Gasteiger partial charge in [-0.25, -0.2) is 24.0 Å². The Hall–Kier alpha value is -1.22. The van der Waals surface area contributed by atoms with Gasteiger partial charge in [-0.3, -0.25) is 0 Å². The van der Waals surface area contributed by atoms with Gasteiger partial charge in [0.25, 0.3) is 0 Å². The van der Waals surface area contributed by atoms with E-state index < -0.39 is 10.0 Å². The van der Waals surface area contributed by atoms with Crippen LogP contribution < -0.4 is 16.0 Å². The summed E-state index contributed by atoms with van der Waals surface area (Å²) in [5.74, 6) is 5.82. The highest BCUT2D eigenvalue weighted by Crippen LogP contribution is 2.25. The first-order valence-electron chi connectivity index (χ1n) is 6.61. The quantitative estimate of drug-likeness (QED) is 0.456. The normalized spacial score (nSPS) is 23.5. The van der Waals surface area contributed by atoms with Crippen LogP contribution in [0.3, 0.4) is 0 Å². The minimum Gasteiger partial charge on any atom is -0.396 e. The summed E-state index contributed by atoms with van der Waals surface area (Å²) in [6.45, 7) is 0.176. The molecular weight excluding hydrogens is 280 g/mol. The SMILES string of the molecule is NNc1cc(S(=O)(=O)NC2CCC(CO)CC2)ccn1. The van der Waals surface area contributed by atoms with E-state index in [0.29, 0.717) is 11.7 Å². The molecule has 1 aromatic heterocycles. The summed E-state index contributed by atoms with van der Waals surface area (Å²) >= 11 is 0. The Kier molecular flexibility index (Phi) is 4.92. The molecule has 1 aliphatic carbocycles. The molecule has 8 heteroatoms. The summed E-state index contributed by atoms with van der Waals surface area (Å²) < 4.78 is 27.2. The number of hydrazine groups is 1. The molecule has 7 nitrogen and oxygen atoms in total. The predicted octanol–water partition coefficient (Wildman–Crippen LogP) is 0.197. The van der Waals surface area contributed by atoms with Gasteiger partial charge in [0.1, 0.15) is 5.82 Å². The molecule has 0 saturated heterocycles. The maximum absolute atomic E-state index is 12.3. The first-order chi connectivity index (χ1) is 9.55. The van der Waals surface area contributed by atoms with Gasteiger partial charge in [-0.1, -0.05) is 0 Å². The number of hydrogen-bond donors (Lipinski definition) is 4. The lowest BCUT2D eigenvalue weighted by Crippen LogP contribution is -2.38. The Morgan fingerprint density at radius 1 is 1.35 bits per heavy atom. The second-order valence-corrected chi connectivity index (χ2v) is 6.76. The van der Waals surface area contributed by atoms with Crippen molar-refractivity contribution in [2.45, 2.75) is 36.6 Å².